The largest absolute Gasteiger partial charge is 0.465 e. The van der Waals surface area contributed by atoms with Crippen molar-refractivity contribution in [1.29, 1.82) is 0 Å². The molecule has 1 amide bonds. The van der Waals surface area contributed by atoms with Crippen LogP contribution >= 0.6 is 0 Å². The van der Waals surface area contributed by atoms with Crippen molar-refractivity contribution >= 4 is 18.0 Å². The third-order valence-electron chi connectivity index (χ3n) is 6.33. The van der Waals surface area contributed by atoms with Crippen LogP contribution in [0.4, 0.5) is 9.18 Å². The van der Waals surface area contributed by atoms with Crippen LogP contribution in [0.2, 0.25) is 0 Å². The van der Waals surface area contributed by atoms with E-state index in [1.54, 1.807) is 27.7 Å². The molecule has 0 atom stereocenters. The molecule has 0 fully saturated rings. The van der Waals surface area contributed by atoms with Crippen LogP contribution in [0.3, 0.4) is 0 Å². The Morgan fingerprint density at radius 1 is 1.00 bits per heavy atom. The number of amides is 1. The molecule has 8 nitrogen and oxygen atoms in total. The van der Waals surface area contributed by atoms with Crippen molar-refractivity contribution in [2.75, 3.05) is 7.11 Å². The average molecular weight is 579 g/mol. The Labute approximate surface area is 246 Å². The number of nitrogens with zero attached hydrogens (tertiary/aromatic N) is 1. The Balaban J connectivity index is 2.07. The number of carbonyl (C=O) groups excluding carboxylic acids is 3. The number of nitrogens with one attached hydrogen (secondary N) is 1. The zero-order chi connectivity index (χ0) is 31.2. The molecule has 1 N–H and O–H groups in total. The third-order valence-corrected chi connectivity index (χ3v) is 6.33. The normalized spacial score (nSPS) is 11.3. The number of benzene rings is 2. The number of ether oxygens (including phenoxy) is 3. The van der Waals surface area contributed by atoms with Gasteiger partial charge in [0, 0.05) is 23.4 Å². The number of aromatic nitrogens is 1. The van der Waals surface area contributed by atoms with Gasteiger partial charge < -0.3 is 19.5 Å². The first-order valence-corrected chi connectivity index (χ1v) is 13.8. The van der Waals surface area contributed by atoms with Crippen LogP contribution in [-0.2, 0) is 33.8 Å². The first kappa shape index (κ1) is 32.2. The molecule has 0 saturated heterocycles. The summed E-state index contributed by atoms with van der Waals surface area (Å²) < 4.78 is 30.2. The maximum atomic E-state index is 14.5. The van der Waals surface area contributed by atoms with Crippen LogP contribution in [0.25, 0.3) is 11.1 Å². The minimum Gasteiger partial charge on any atom is -0.465 e. The minimum atomic E-state index is -0.797. The number of esters is 2. The number of hydrogen-bond donors (Lipinski definition) is 1. The topological polar surface area (TPSA) is 104 Å². The second kappa shape index (κ2) is 13.6. The number of aryl methyl sites for hydroxylation is 2. The molecule has 0 aliphatic heterocycles. The van der Waals surface area contributed by atoms with E-state index in [4.69, 9.17) is 14.5 Å². The van der Waals surface area contributed by atoms with Gasteiger partial charge in [0.05, 0.1) is 23.9 Å². The standard InChI is InChI=1S/C33H39FN2O6/c1-19(2)15-27-25(17-35-32(39)42-33(5,6)7)29(23-12-9-20(3)10-13-23)28(21(4)36-27)31(38)41-18-22-11-14-24(26(34)16-22)30(37)40-8/h9-14,16,19H,15,17-18H2,1-8H3,(H,35,39). The molecule has 2 aromatic carbocycles. The molecule has 0 aliphatic carbocycles. The summed E-state index contributed by atoms with van der Waals surface area (Å²) >= 11 is 0. The highest BCUT2D eigenvalue weighted by Gasteiger charge is 2.26. The van der Waals surface area contributed by atoms with Crippen molar-refractivity contribution in [2.24, 2.45) is 5.92 Å². The fourth-order valence-corrected chi connectivity index (χ4v) is 4.46. The molecule has 1 heterocycles. The van der Waals surface area contributed by atoms with E-state index in [1.165, 1.54) is 19.2 Å². The lowest BCUT2D eigenvalue weighted by molar-refractivity contribution is 0.0469. The zero-order valence-electron chi connectivity index (χ0n) is 25.5. The van der Waals surface area contributed by atoms with Crippen LogP contribution < -0.4 is 5.32 Å². The van der Waals surface area contributed by atoms with Gasteiger partial charge in [-0.15, -0.1) is 0 Å². The van der Waals surface area contributed by atoms with E-state index in [-0.39, 0.29) is 30.2 Å². The summed E-state index contributed by atoms with van der Waals surface area (Å²) in [5, 5.41) is 2.83. The zero-order valence-corrected chi connectivity index (χ0v) is 25.5. The number of pyridine rings is 1. The first-order valence-electron chi connectivity index (χ1n) is 13.8. The predicted molar refractivity (Wildman–Crippen MR) is 158 cm³/mol. The number of alkyl carbamates (subject to hydrolysis) is 1. The number of carbonyl (C=O) groups is 3. The van der Waals surface area contributed by atoms with Crippen molar-refractivity contribution in [2.45, 2.75) is 73.6 Å². The van der Waals surface area contributed by atoms with Gasteiger partial charge in [-0.2, -0.15) is 0 Å². The first-order chi connectivity index (χ1) is 19.7. The highest BCUT2D eigenvalue weighted by Crippen LogP contribution is 2.34. The van der Waals surface area contributed by atoms with E-state index in [0.717, 1.165) is 22.9 Å². The maximum absolute atomic E-state index is 14.5. The molecule has 224 valence electrons. The summed E-state index contributed by atoms with van der Waals surface area (Å²) in [6.45, 7) is 13.0. The Morgan fingerprint density at radius 2 is 1.67 bits per heavy atom. The van der Waals surface area contributed by atoms with Gasteiger partial charge in [-0.1, -0.05) is 49.7 Å². The van der Waals surface area contributed by atoms with E-state index in [0.29, 0.717) is 28.8 Å². The van der Waals surface area contributed by atoms with Crippen molar-refractivity contribution in [3.8, 4) is 11.1 Å². The Hall–Kier alpha value is -4.27. The molecule has 0 saturated carbocycles. The second-order valence-electron chi connectivity index (χ2n) is 11.6. The molecular weight excluding hydrogens is 539 g/mol. The Morgan fingerprint density at radius 3 is 2.24 bits per heavy atom. The summed E-state index contributed by atoms with van der Waals surface area (Å²) in [5.74, 6) is -1.97. The SMILES string of the molecule is COC(=O)c1ccc(COC(=O)c2c(C)nc(CC(C)C)c(CNC(=O)OC(C)(C)C)c2-c2ccc(C)cc2)cc1F. The molecule has 3 rings (SSSR count). The second-order valence-corrected chi connectivity index (χ2v) is 11.6. The van der Waals surface area contributed by atoms with E-state index in [9.17, 15) is 18.8 Å². The van der Waals surface area contributed by atoms with Gasteiger partial charge in [0.25, 0.3) is 0 Å². The Kier molecular flexibility index (Phi) is 10.4. The molecule has 42 heavy (non-hydrogen) atoms. The molecule has 0 spiro atoms. The summed E-state index contributed by atoms with van der Waals surface area (Å²) in [7, 11) is 1.17. The van der Waals surface area contributed by atoms with Crippen molar-refractivity contribution in [1.82, 2.24) is 10.3 Å². The van der Waals surface area contributed by atoms with Gasteiger partial charge in [-0.25, -0.2) is 18.8 Å². The summed E-state index contributed by atoms with van der Waals surface area (Å²) in [4.78, 5) is 42.8. The third kappa shape index (κ3) is 8.38. The molecule has 0 aliphatic rings. The van der Waals surface area contributed by atoms with Crippen LogP contribution in [0.5, 0.6) is 0 Å². The summed E-state index contributed by atoms with van der Waals surface area (Å²) in [6, 6.07) is 11.6. The van der Waals surface area contributed by atoms with Gasteiger partial charge >= 0.3 is 18.0 Å². The fraction of sp³-hybridized carbons (Fsp3) is 0.394. The van der Waals surface area contributed by atoms with Crippen LogP contribution in [0, 0.1) is 25.6 Å². The Bertz CT molecular complexity index is 1460. The van der Waals surface area contributed by atoms with Gasteiger partial charge in [0.15, 0.2) is 0 Å². The average Bonchev–Trinajstić information content (AvgIpc) is 2.89. The maximum Gasteiger partial charge on any atom is 0.407 e. The lowest BCUT2D eigenvalue weighted by Crippen LogP contribution is -2.32. The van der Waals surface area contributed by atoms with Gasteiger partial charge in [0.1, 0.15) is 18.0 Å². The molecule has 1 aromatic heterocycles. The molecule has 0 unspecified atom stereocenters. The molecule has 0 radical (unpaired) electrons. The fourth-order valence-electron chi connectivity index (χ4n) is 4.46. The monoisotopic (exact) mass is 578 g/mol. The van der Waals surface area contributed by atoms with Gasteiger partial charge in [0.2, 0.25) is 0 Å². The molecular formula is C33H39FN2O6. The molecule has 3 aromatic rings. The predicted octanol–water partition coefficient (Wildman–Crippen LogP) is 6.87. The van der Waals surface area contributed by atoms with E-state index in [1.807, 2.05) is 31.2 Å². The number of hydrogen-bond acceptors (Lipinski definition) is 7. The van der Waals surface area contributed by atoms with Crippen LogP contribution in [0.1, 0.15) is 83.4 Å². The lowest BCUT2D eigenvalue weighted by atomic mass is 9.89. The van der Waals surface area contributed by atoms with Crippen LogP contribution in [-0.4, -0.2) is 35.7 Å². The van der Waals surface area contributed by atoms with Gasteiger partial charge in [-0.3, -0.25) is 4.98 Å². The summed E-state index contributed by atoms with van der Waals surface area (Å²) in [5.41, 5.74) is 4.04. The quantitative estimate of drug-likeness (QED) is 0.218. The van der Waals surface area contributed by atoms with Crippen LogP contribution in [0.15, 0.2) is 42.5 Å². The number of halogens is 1. The summed E-state index contributed by atoms with van der Waals surface area (Å²) in [6.07, 6.45) is 0.0293. The number of rotatable bonds is 9. The van der Waals surface area contributed by atoms with E-state index < -0.39 is 29.5 Å². The molecule has 9 heteroatoms. The van der Waals surface area contributed by atoms with Gasteiger partial charge in [-0.05, 0) is 70.2 Å². The van der Waals surface area contributed by atoms with E-state index >= 15 is 0 Å². The smallest absolute Gasteiger partial charge is 0.407 e. The minimum absolute atomic E-state index is 0.0773. The highest BCUT2D eigenvalue weighted by molar-refractivity contribution is 5.99. The lowest BCUT2D eigenvalue weighted by Gasteiger charge is -2.23. The van der Waals surface area contributed by atoms with Crippen molar-refractivity contribution in [3.63, 3.8) is 0 Å². The van der Waals surface area contributed by atoms with E-state index in [2.05, 4.69) is 23.9 Å². The number of methoxy groups -OCH3 is 1. The molecule has 0 bridgehead atoms. The van der Waals surface area contributed by atoms with Crippen molar-refractivity contribution < 1.29 is 33.0 Å². The van der Waals surface area contributed by atoms with Crippen molar-refractivity contribution in [3.05, 3.63) is 87.5 Å². The highest BCUT2D eigenvalue weighted by atomic mass is 19.1.